The number of ketones is 2. The van der Waals surface area contributed by atoms with E-state index in [0.717, 1.165) is 0 Å². The maximum Gasteiger partial charge on any atom is 0.347 e. The van der Waals surface area contributed by atoms with Crippen molar-refractivity contribution in [3.8, 4) is 11.5 Å². The van der Waals surface area contributed by atoms with Gasteiger partial charge in [0.2, 0.25) is 0 Å². The second kappa shape index (κ2) is 12.2. The van der Waals surface area contributed by atoms with Gasteiger partial charge in [-0.3, -0.25) is 9.59 Å². The molecule has 6 aromatic rings. The number of benzene rings is 4. The SMILES string of the molecule is COc1ccc2cc(C(=O)c3ccccc3)c(=O)oc2c1.COc1ccc2cc(C(=O)c3ccccc3)c(=O)oc2c1. The first-order chi connectivity index (χ1) is 20.4. The van der Waals surface area contributed by atoms with Crippen LogP contribution in [0.3, 0.4) is 0 Å². The monoisotopic (exact) mass is 560 g/mol. The lowest BCUT2D eigenvalue weighted by molar-refractivity contribution is 0.102. The molecule has 0 amide bonds. The third kappa shape index (κ3) is 5.88. The average Bonchev–Trinajstić information content (AvgIpc) is 3.04. The third-order valence-corrected chi connectivity index (χ3v) is 6.45. The average molecular weight is 561 g/mol. The lowest BCUT2D eigenvalue weighted by Gasteiger charge is -2.04. The molecule has 0 aliphatic heterocycles. The van der Waals surface area contributed by atoms with Crippen LogP contribution in [0.15, 0.2) is 128 Å². The van der Waals surface area contributed by atoms with Crippen LogP contribution in [0.25, 0.3) is 21.9 Å². The molecule has 4 aromatic carbocycles. The van der Waals surface area contributed by atoms with Crippen molar-refractivity contribution in [2.24, 2.45) is 0 Å². The van der Waals surface area contributed by atoms with E-state index in [0.29, 0.717) is 44.6 Å². The van der Waals surface area contributed by atoms with Gasteiger partial charge < -0.3 is 18.3 Å². The van der Waals surface area contributed by atoms with Crippen molar-refractivity contribution in [1.29, 1.82) is 0 Å². The predicted molar refractivity (Wildman–Crippen MR) is 158 cm³/mol. The summed E-state index contributed by atoms with van der Waals surface area (Å²) in [6.07, 6.45) is 0. The van der Waals surface area contributed by atoms with Gasteiger partial charge in [-0.2, -0.15) is 0 Å². The van der Waals surface area contributed by atoms with Gasteiger partial charge in [0, 0.05) is 34.0 Å². The molecule has 0 N–H and O–H groups in total. The number of fused-ring (bicyclic) bond motifs is 2. The van der Waals surface area contributed by atoms with Crippen LogP contribution in [0.2, 0.25) is 0 Å². The van der Waals surface area contributed by atoms with Crippen LogP contribution < -0.4 is 20.7 Å². The van der Waals surface area contributed by atoms with E-state index in [-0.39, 0.29) is 22.7 Å². The number of rotatable bonds is 6. The van der Waals surface area contributed by atoms with Crippen LogP contribution in [-0.2, 0) is 0 Å². The fourth-order valence-electron chi connectivity index (χ4n) is 4.24. The zero-order valence-electron chi connectivity index (χ0n) is 22.7. The summed E-state index contributed by atoms with van der Waals surface area (Å²) in [4.78, 5) is 48.7. The van der Waals surface area contributed by atoms with Crippen LogP contribution in [-0.4, -0.2) is 25.8 Å². The van der Waals surface area contributed by atoms with E-state index in [1.165, 1.54) is 14.2 Å². The lowest BCUT2D eigenvalue weighted by atomic mass is 10.0. The van der Waals surface area contributed by atoms with Crippen molar-refractivity contribution >= 4 is 33.5 Å². The predicted octanol–water partition coefficient (Wildman–Crippen LogP) is 6.07. The molecule has 0 aliphatic carbocycles. The standard InChI is InChI=1S/2C17H12O4/c2*1-20-13-8-7-12-9-14(17(19)21-15(12)10-13)16(18)11-5-3-2-4-6-11/h2*2-10H,1H3. The first-order valence-electron chi connectivity index (χ1n) is 12.8. The molecule has 0 fully saturated rings. The molecule has 0 saturated carbocycles. The van der Waals surface area contributed by atoms with E-state index in [2.05, 4.69) is 0 Å². The molecular formula is C34H24O8. The van der Waals surface area contributed by atoms with E-state index in [4.69, 9.17) is 18.3 Å². The first kappa shape index (κ1) is 27.8. The van der Waals surface area contributed by atoms with Gasteiger partial charge in [-0.05, 0) is 36.4 Å². The minimum absolute atomic E-state index is 0.0267. The highest BCUT2D eigenvalue weighted by Gasteiger charge is 2.17. The zero-order valence-corrected chi connectivity index (χ0v) is 22.7. The maximum absolute atomic E-state index is 12.3. The van der Waals surface area contributed by atoms with Crippen LogP contribution in [0.4, 0.5) is 0 Å². The Morgan fingerprint density at radius 3 is 1.26 bits per heavy atom. The molecule has 0 saturated heterocycles. The lowest BCUT2D eigenvalue weighted by Crippen LogP contribution is -2.14. The molecule has 0 bridgehead atoms. The smallest absolute Gasteiger partial charge is 0.347 e. The van der Waals surface area contributed by atoms with Crippen molar-refractivity contribution in [2.75, 3.05) is 14.2 Å². The summed E-state index contributed by atoms with van der Waals surface area (Å²) >= 11 is 0. The molecule has 208 valence electrons. The van der Waals surface area contributed by atoms with Gasteiger partial charge in [0.15, 0.2) is 11.6 Å². The van der Waals surface area contributed by atoms with Gasteiger partial charge in [0.05, 0.1) is 14.2 Å². The van der Waals surface area contributed by atoms with Crippen LogP contribution in [0.5, 0.6) is 11.5 Å². The molecular weight excluding hydrogens is 536 g/mol. The molecule has 8 heteroatoms. The van der Waals surface area contributed by atoms with E-state index >= 15 is 0 Å². The van der Waals surface area contributed by atoms with Crippen molar-refractivity contribution in [3.05, 3.63) is 152 Å². The summed E-state index contributed by atoms with van der Waals surface area (Å²) in [5.74, 6) is 0.490. The normalized spacial score (nSPS) is 10.5. The molecule has 0 unspecified atom stereocenters. The summed E-state index contributed by atoms with van der Waals surface area (Å²) in [6.45, 7) is 0. The molecule has 8 nitrogen and oxygen atoms in total. The van der Waals surface area contributed by atoms with Gasteiger partial charge in [-0.1, -0.05) is 60.7 Å². The number of carbonyl (C=O) groups is 2. The quantitative estimate of drug-likeness (QED) is 0.178. The van der Waals surface area contributed by atoms with Crippen molar-refractivity contribution in [1.82, 2.24) is 0 Å². The number of hydrogen-bond acceptors (Lipinski definition) is 8. The summed E-state index contributed by atoms with van der Waals surface area (Å²) in [5.41, 5.74) is 0.454. The summed E-state index contributed by atoms with van der Waals surface area (Å²) in [5, 5.41) is 1.35. The van der Waals surface area contributed by atoms with Gasteiger partial charge in [0.25, 0.3) is 0 Å². The van der Waals surface area contributed by atoms with E-state index < -0.39 is 11.3 Å². The first-order valence-corrected chi connectivity index (χ1v) is 12.8. The number of ether oxygens (including phenoxy) is 2. The summed E-state index contributed by atoms with van der Waals surface area (Å²) in [7, 11) is 3.07. The van der Waals surface area contributed by atoms with Crippen LogP contribution >= 0.6 is 0 Å². The zero-order chi connectivity index (χ0) is 29.6. The molecule has 0 atom stereocenters. The fraction of sp³-hybridized carbons (Fsp3) is 0.0588. The number of hydrogen-bond donors (Lipinski definition) is 0. The van der Waals surface area contributed by atoms with Gasteiger partial charge in [0.1, 0.15) is 33.8 Å². The van der Waals surface area contributed by atoms with E-state index in [1.54, 1.807) is 97.1 Å². The Morgan fingerprint density at radius 1 is 0.524 bits per heavy atom. The summed E-state index contributed by atoms with van der Waals surface area (Å²) in [6, 6.07) is 30.6. The molecule has 6 rings (SSSR count). The molecule has 42 heavy (non-hydrogen) atoms. The minimum Gasteiger partial charge on any atom is -0.497 e. The molecule has 2 heterocycles. The number of carbonyl (C=O) groups excluding carboxylic acids is 2. The van der Waals surface area contributed by atoms with E-state index in [1.807, 2.05) is 12.1 Å². The Hall–Kier alpha value is -5.76. The second-order valence-electron chi connectivity index (χ2n) is 9.09. The fourth-order valence-corrected chi connectivity index (χ4v) is 4.24. The molecule has 0 radical (unpaired) electrons. The van der Waals surface area contributed by atoms with Gasteiger partial charge in [-0.25, -0.2) is 9.59 Å². The Balaban J connectivity index is 0.000000168. The summed E-state index contributed by atoms with van der Waals surface area (Å²) < 4.78 is 20.6. The minimum atomic E-state index is -0.649. The maximum atomic E-state index is 12.3. The molecule has 0 aliphatic rings. The van der Waals surface area contributed by atoms with Crippen LogP contribution in [0, 0.1) is 0 Å². The number of methoxy groups -OCH3 is 2. The van der Waals surface area contributed by atoms with Gasteiger partial charge in [-0.15, -0.1) is 0 Å². The Kier molecular flexibility index (Phi) is 8.06. The largest absolute Gasteiger partial charge is 0.497 e. The Morgan fingerprint density at radius 2 is 0.905 bits per heavy atom. The third-order valence-electron chi connectivity index (χ3n) is 6.45. The van der Waals surface area contributed by atoms with E-state index in [9.17, 15) is 19.2 Å². The highest BCUT2D eigenvalue weighted by atomic mass is 16.5. The highest BCUT2D eigenvalue weighted by Crippen LogP contribution is 2.22. The Labute approximate surface area is 239 Å². The van der Waals surface area contributed by atoms with Crippen LogP contribution in [0.1, 0.15) is 31.8 Å². The molecule has 2 aromatic heterocycles. The van der Waals surface area contributed by atoms with Crippen molar-refractivity contribution < 1.29 is 27.9 Å². The van der Waals surface area contributed by atoms with Crippen molar-refractivity contribution in [3.63, 3.8) is 0 Å². The topological polar surface area (TPSA) is 113 Å². The highest BCUT2D eigenvalue weighted by molar-refractivity contribution is 6.10. The van der Waals surface area contributed by atoms with Gasteiger partial charge >= 0.3 is 11.3 Å². The van der Waals surface area contributed by atoms with Crippen molar-refractivity contribution in [2.45, 2.75) is 0 Å². The second-order valence-corrected chi connectivity index (χ2v) is 9.09. The Bertz CT molecular complexity index is 1870. The molecule has 0 spiro atoms.